The lowest BCUT2D eigenvalue weighted by Crippen LogP contribution is -2.08. The van der Waals surface area contributed by atoms with Crippen molar-refractivity contribution in [3.05, 3.63) is 0 Å². The lowest BCUT2D eigenvalue weighted by Gasteiger charge is -2.04. The van der Waals surface area contributed by atoms with Crippen molar-refractivity contribution in [1.82, 2.24) is 0 Å². The second-order valence-corrected chi connectivity index (χ2v) is 4.21. The van der Waals surface area contributed by atoms with Gasteiger partial charge < -0.3 is 5.11 Å². The molecular formula is C9H17IO2. The Balaban J connectivity index is 3.14. The molecule has 0 amide bonds. The molecule has 72 valence electrons. The van der Waals surface area contributed by atoms with Crippen molar-refractivity contribution in [2.24, 2.45) is 5.92 Å². The van der Waals surface area contributed by atoms with Gasteiger partial charge in [0.15, 0.2) is 0 Å². The third-order valence-corrected chi connectivity index (χ3v) is 2.71. The predicted molar refractivity (Wildman–Crippen MR) is 58.8 cm³/mol. The highest BCUT2D eigenvalue weighted by Crippen LogP contribution is 2.10. The molecule has 0 aromatic heterocycles. The molecule has 1 atom stereocenters. The van der Waals surface area contributed by atoms with Crippen LogP contribution in [0.25, 0.3) is 0 Å². The van der Waals surface area contributed by atoms with E-state index in [-0.39, 0.29) is 5.92 Å². The maximum absolute atomic E-state index is 10.4. The van der Waals surface area contributed by atoms with E-state index < -0.39 is 5.97 Å². The maximum atomic E-state index is 10.4. The summed E-state index contributed by atoms with van der Waals surface area (Å²) in [6, 6.07) is 0. The maximum Gasteiger partial charge on any atom is 0.306 e. The fourth-order valence-electron chi connectivity index (χ4n) is 1.02. The number of carboxylic acid groups (broad SMARTS) is 1. The zero-order valence-corrected chi connectivity index (χ0v) is 9.71. The van der Waals surface area contributed by atoms with Gasteiger partial charge in [-0.3, -0.25) is 4.79 Å². The second-order valence-electron chi connectivity index (χ2n) is 3.13. The summed E-state index contributed by atoms with van der Waals surface area (Å²) in [5.41, 5.74) is 0. The molecule has 0 heterocycles. The van der Waals surface area contributed by atoms with Gasteiger partial charge in [-0.1, -0.05) is 48.8 Å². The van der Waals surface area contributed by atoms with Crippen molar-refractivity contribution in [3.63, 3.8) is 0 Å². The molecule has 0 aromatic carbocycles. The molecule has 0 spiro atoms. The number of carbonyl (C=O) groups is 1. The largest absolute Gasteiger partial charge is 0.481 e. The molecule has 12 heavy (non-hydrogen) atoms. The lowest BCUT2D eigenvalue weighted by molar-refractivity contribution is -0.141. The lowest BCUT2D eigenvalue weighted by atomic mass is 10.0. The van der Waals surface area contributed by atoms with Crippen molar-refractivity contribution in [2.45, 2.75) is 39.0 Å². The Kier molecular flexibility index (Phi) is 7.96. The fourth-order valence-corrected chi connectivity index (χ4v) is 1.56. The van der Waals surface area contributed by atoms with Crippen molar-refractivity contribution in [1.29, 1.82) is 0 Å². The van der Waals surface area contributed by atoms with Gasteiger partial charge in [0.2, 0.25) is 0 Å². The van der Waals surface area contributed by atoms with Crippen molar-refractivity contribution in [3.8, 4) is 0 Å². The van der Waals surface area contributed by atoms with Crippen molar-refractivity contribution < 1.29 is 9.90 Å². The molecule has 0 saturated heterocycles. The minimum absolute atomic E-state index is 0.162. The Labute approximate surface area is 87.9 Å². The van der Waals surface area contributed by atoms with E-state index in [1.54, 1.807) is 6.92 Å². The highest BCUT2D eigenvalue weighted by molar-refractivity contribution is 14.1. The molecule has 0 aromatic rings. The van der Waals surface area contributed by atoms with Crippen LogP contribution in [0, 0.1) is 5.92 Å². The van der Waals surface area contributed by atoms with Gasteiger partial charge in [-0.2, -0.15) is 0 Å². The average molecular weight is 284 g/mol. The first-order valence-electron chi connectivity index (χ1n) is 4.47. The van der Waals surface area contributed by atoms with Crippen LogP contribution in [0.15, 0.2) is 0 Å². The quantitative estimate of drug-likeness (QED) is 0.443. The van der Waals surface area contributed by atoms with Crippen LogP contribution in [0.5, 0.6) is 0 Å². The van der Waals surface area contributed by atoms with E-state index in [9.17, 15) is 4.79 Å². The Morgan fingerprint density at radius 1 is 1.33 bits per heavy atom. The topological polar surface area (TPSA) is 37.3 Å². The average Bonchev–Trinajstić information content (AvgIpc) is 2.03. The number of unbranched alkanes of at least 4 members (excludes halogenated alkanes) is 3. The first kappa shape index (κ1) is 12.2. The van der Waals surface area contributed by atoms with Crippen molar-refractivity contribution in [2.75, 3.05) is 4.43 Å². The summed E-state index contributed by atoms with van der Waals surface area (Å²) in [6.07, 6.45) is 5.58. The van der Waals surface area contributed by atoms with Crippen LogP contribution in [0.3, 0.4) is 0 Å². The van der Waals surface area contributed by atoms with E-state index in [4.69, 9.17) is 5.11 Å². The Morgan fingerprint density at radius 3 is 2.42 bits per heavy atom. The first-order chi connectivity index (χ1) is 5.68. The molecule has 1 unspecified atom stereocenters. The van der Waals surface area contributed by atoms with Gasteiger partial charge in [0, 0.05) is 0 Å². The Bertz CT molecular complexity index is 126. The molecule has 0 saturated carbocycles. The van der Waals surface area contributed by atoms with Gasteiger partial charge in [0.05, 0.1) is 5.92 Å². The van der Waals surface area contributed by atoms with Gasteiger partial charge in [0.25, 0.3) is 0 Å². The second kappa shape index (κ2) is 7.83. The molecule has 1 N–H and O–H groups in total. The smallest absolute Gasteiger partial charge is 0.306 e. The molecule has 0 aliphatic rings. The number of halogens is 1. The van der Waals surface area contributed by atoms with Gasteiger partial charge in [0.1, 0.15) is 0 Å². The minimum Gasteiger partial charge on any atom is -0.481 e. The summed E-state index contributed by atoms with van der Waals surface area (Å²) in [6.45, 7) is 1.78. The van der Waals surface area contributed by atoms with Gasteiger partial charge >= 0.3 is 5.97 Å². The first-order valence-corrected chi connectivity index (χ1v) is 5.99. The van der Waals surface area contributed by atoms with E-state index in [1.807, 2.05) is 0 Å². The molecule has 0 rings (SSSR count). The highest BCUT2D eigenvalue weighted by atomic mass is 127. The normalized spacial score (nSPS) is 12.8. The Hall–Kier alpha value is 0.200. The molecule has 0 bridgehead atoms. The summed E-state index contributed by atoms with van der Waals surface area (Å²) >= 11 is 2.37. The zero-order chi connectivity index (χ0) is 9.40. The summed E-state index contributed by atoms with van der Waals surface area (Å²) in [4.78, 5) is 10.4. The molecule has 0 aliphatic heterocycles. The molecule has 2 nitrogen and oxygen atoms in total. The number of alkyl halides is 1. The number of carboxylic acids is 1. The van der Waals surface area contributed by atoms with E-state index in [2.05, 4.69) is 22.6 Å². The molecular weight excluding hydrogens is 267 g/mol. The van der Waals surface area contributed by atoms with E-state index in [0.29, 0.717) is 0 Å². The number of hydrogen-bond donors (Lipinski definition) is 1. The van der Waals surface area contributed by atoms with Crippen molar-refractivity contribution >= 4 is 28.6 Å². The molecule has 0 fully saturated rings. The zero-order valence-electron chi connectivity index (χ0n) is 7.55. The summed E-state index contributed by atoms with van der Waals surface area (Å²) in [7, 11) is 0. The third kappa shape index (κ3) is 6.88. The summed E-state index contributed by atoms with van der Waals surface area (Å²) in [5.74, 6) is -0.825. The standard InChI is InChI=1S/C9H17IO2/c1-8(9(11)12)6-4-2-3-5-7-10/h8H,2-7H2,1H3,(H,11,12). The number of aliphatic carboxylic acids is 1. The van der Waals surface area contributed by atoms with Crippen LogP contribution >= 0.6 is 22.6 Å². The monoisotopic (exact) mass is 284 g/mol. The van der Waals surface area contributed by atoms with Gasteiger partial charge in [-0.05, 0) is 17.3 Å². The number of rotatable bonds is 7. The SMILES string of the molecule is CC(CCCCCCI)C(=O)O. The third-order valence-electron chi connectivity index (χ3n) is 1.94. The highest BCUT2D eigenvalue weighted by Gasteiger charge is 2.08. The van der Waals surface area contributed by atoms with Crippen LogP contribution in [0.1, 0.15) is 39.0 Å². The van der Waals surface area contributed by atoms with Crippen LogP contribution in [0.2, 0.25) is 0 Å². The Morgan fingerprint density at radius 2 is 1.92 bits per heavy atom. The molecule has 0 radical (unpaired) electrons. The number of hydrogen-bond acceptors (Lipinski definition) is 1. The van der Waals surface area contributed by atoms with Crippen LogP contribution in [-0.2, 0) is 4.79 Å². The van der Waals surface area contributed by atoms with Crippen LogP contribution < -0.4 is 0 Å². The van der Waals surface area contributed by atoms with Crippen LogP contribution in [-0.4, -0.2) is 15.5 Å². The van der Waals surface area contributed by atoms with E-state index >= 15 is 0 Å². The summed E-state index contributed by atoms with van der Waals surface area (Å²) in [5, 5.41) is 8.58. The molecule has 3 heteroatoms. The van der Waals surface area contributed by atoms with Gasteiger partial charge in [-0.25, -0.2) is 0 Å². The van der Waals surface area contributed by atoms with E-state index in [1.165, 1.54) is 23.7 Å². The predicted octanol–water partition coefficient (Wildman–Crippen LogP) is 3.09. The molecule has 0 aliphatic carbocycles. The van der Waals surface area contributed by atoms with E-state index in [0.717, 1.165) is 12.8 Å². The summed E-state index contributed by atoms with van der Waals surface area (Å²) < 4.78 is 1.21. The minimum atomic E-state index is -0.663. The van der Waals surface area contributed by atoms with Gasteiger partial charge in [-0.15, -0.1) is 0 Å². The van der Waals surface area contributed by atoms with Crippen LogP contribution in [0.4, 0.5) is 0 Å². The fraction of sp³-hybridized carbons (Fsp3) is 0.889.